The standard InChI is InChI=1S/C25H37N3O.C4H9N/c1-20-18-22(27-13-4-5-14-27)8-9-23(20)28-17-12-25(24(28)29)10-15-26(16-11-25)19-21-6-2-3-7-21;1-2-4-5-3-1/h8-9,18,21H,2-7,10-17,19H2,1H3;5H,1-4H2. The lowest BCUT2D eigenvalue weighted by Crippen LogP contribution is -2.45. The van der Waals surface area contributed by atoms with Crippen molar-refractivity contribution in [3.05, 3.63) is 23.8 Å². The predicted molar refractivity (Wildman–Crippen MR) is 142 cm³/mol. The molecule has 4 heterocycles. The number of piperidine rings is 1. The van der Waals surface area contributed by atoms with E-state index in [9.17, 15) is 4.79 Å². The average Bonchev–Trinajstić information content (AvgIpc) is 3.67. The van der Waals surface area contributed by atoms with Gasteiger partial charge < -0.3 is 20.0 Å². The van der Waals surface area contributed by atoms with E-state index >= 15 is 0 Å². The number of aryl methyl sites for hydroxylation is 1. The first-order valence-electron chi connectivity index (χ1n) is 14.3. The third-order valence-corrected chi connectivity index (χ3v) is 9.22. The van der Waals surface area contributed by atoms with Gasteiger partial charge in [-0.2, -0.15) is 0 Å². The molecule has 4 aliphatic heterocycles. The molecule has 0 radical (unpaired) electrons. The normalized spacial score (nSPS) is 25.4. The van der Waals surface area contributed by atoms with Gasteiger partial charge in [0.05, 0.1) is 5.41 Å². The number of nitrogens with one attached hydrogen (secondary N) is 1. The summed E-state index contributed by atoms with van der Waals surface area (Å²) in [4.78, 5) is 20.8. The van der Waals surface area contributed by atoms with Crippen LogP contribution >= 0.6 is 0 Å². The Kier molecular flexibility index (Phi) is 7.80. The van der Waals surface area contributed by atoms with Crippen molar-refractivity contribution in [3.63, 3.8) is 0 Å². The van der Waals surface area contributed by atoms with Crippen molar-refractivity contribution in [2.24, 2.45) is 11.3 Å². The van der Waals surface area contributed by atoms with Gasteiger partial charge in [-0.05, 0) is 121 Å². The highest BCUT2D eigenvalue weighted by Crippen LogP contribution is 2.44. The van der Waals surface area contributed by atoms with E-state index in [1.807, 2.05) is 0 Å². The van der Waals surface area contributed by atoms with E-state index < -0.39 is 0 Å². The van der Waals surface area contributed by atoms with Crippen LogP contribution in [0.15, 0.2) is 18.2 Å². The molecule has 5 nitrogen and oxygen atoms in total. The van der Waals surface area contributed by atoms with Crippen molar-refractivity contribution in [2.45, 2.75) is 77.6 Å². The van der Waals surface area contributed by atoms with E-state index in [0.717, 1.165) is 50.5 Å². The van der Waals surface area contributed by atoms with Crippen LogP contribution in [0.3, 0.4) is 0 Å². The summed E-state index contributed by atoms with van der Waals surface area (Å²) < 4.78 is 0. The van der Waals surface area contributed by atoms with Crippen LogP contribution in [0.25, 0.3) is 0 Å². The van der Waals surface area contributed by atoms with Gasteiger partial charge in [-0.25, -0.2) is 0 Å². The second-order valence-electron chi connectivity index (χ2n) is 11.6. The zero-order chi connectivity index (χ0) is 23.4. The van der Waals surface area contributed by atoms with E-state index in [1.54, 1.807) is 0 Å². The Balaban J connectivity index is 0.000000429. The topological polar surface area (TPSA) is 38.8 Å². The van der Waals surface area contributed by atoms with Gasteiger partial charge in [-0.3, -0.25) is 4.79 Å². The lowest BCUT2D eigenvalue weighted by atomic mass is 9.77. The molecule has 0 bridgehead atoms. The summed E-state index contributed by atoms with van der Waals surface area (Å²) in [6.07, 6.45) is 14.2. The van der Waals surface area contributed by atoms with Crippen LogP contribution in [0.2, 0.25) is 0 Å². The van der Waals surface area contributed by atoms with Gasteiger partial charge >= 0.3 is 0 Å². The van der Waals surface area contributed by atoms with Crippen LogP contribution in [0.5, 0.6) is 0 Å². The van der Waals surface area contributed by atoms with Crippen LogP contribution in [0.4, 0.5) is 11.4 Å². The number of likely N-dealkylation sites (tertiary alicyclic amines) is 1. The quantitative estimate of drug-likeness (QED) is 0.680. The van der Waals surface area contributed by atoms with Crippen molar-refractivity contribution in [1.29, 1.82) is 0 Å². The molecule has 5 heteroatoms. The Morgan fingerprint density at radius 3 is 2.18 bits per heavy atom. The zero-order valence-electron chi connectivity index (χ0n) is 21.5. The minimum Gasteiger partial charge on any atom is -0.372 e. The maximum Gasteiger partial charge on any atom is 0.233 e. The van der Waals surface area contributed by atoms with Crippen LogP contribution in [-0.2, 0) is 4.79 Å². The van der Waals surface area contributed by atoms with Gasteiger partial charge in [0.1, 0.15) is 0 Å². The molecular formula is C29H46N4O. The third-order valence-electron chi connectivity index (χ3n) is 9.22. The number of amides is 1. The summed E-state index contributed by atoms with van der Waals surface area (Å²) in [5, 5.41) is 3.22. The maximum absolute atomic E-state index is 13.5. The van der Waals surface area contributed by atoms with Gasteiger partial charge in [-0.15, -0.1) is 0 Å². The summed E-state index contributed by atoms with van der Waals surface area (Å²) in [7, 11) is 0. The molecule has 1 N–H and O–H groups in total. The van der Waals surface area contributed by atoms with Gasteiger partial charge in [0.25, 0.3) is 0 Å². The number of benzene rings is 1. The summed E-state index contributed by atoms with van der Waals surface area (Å²) in [6, 6.07) is 6.73. The molecule has 5 fully saturated rings. The lowest BCUT2D eigenvalue weighted by molar-refractivity contribution is -0.128. The molecule has 188 valence electrons. The van der Waals surface area contributed by atoms with Crippen molar-refractivity contribution in [2.75, 3.05) is 62.2 Å². The summed E-state index contributed by atoms with van der Waals surface area (Å²) in [6.45, 7) is 11.4. The van der Waals surface area contributed by atoms with E-state index in [-0.39, 0.29) is 5.41 Å². The Bertz CT molecular complexity index is 808. The third kappa shape index (κ3) is 5.31. The van der Waals surface area contributed by atoms with E-state index in [1.165, 1.54) is 95.3 Å². The molecule has 1 amide bonds. The first-order chi connectivity index (χ1) is 16.6. The van der Waals surface area contributed by atoms with Gasteiger partial charge in [0, 0.05) is 37.6 Å². The fourth-order valence-corrected chi connectivity index (χ4v) is 6.98. The van der Waals surface area contributed by atoms with Crippen LogP contribution in [0, 0.1) is 18.3 Å². The highest BCUT2D eigenvalue weighted by Gasteiger charge is 2.48. The van der Waals surface area contributed by atoms with Crippen LogP contribution in [-0.4, -0.2) is 63.2 Å². The zero-order valence-corrected chi connectivity index (χ0v) is 21.5. The molecule has 0 aromatic heterocycles. The average molecular weight is 467 g/mol. The van der Waals surface area contributed by atoms with Crippen LogP contribution in [0.1, 0.15) is 76.2 Å². The molecule has 1 aliphatic carbocycles. The largest absolute Gasteiger partial charge is 0.372 e. The molecule has 1 aromatic rings. The fraction of sp³-hybridized carbons (Fsp3) is 0.759. The Labute approximate surface area is 207 Å². The second kappa shape index (κ2) is 11.0. The SMILES string of the molecule is C1CCNC1.Cc1cc(N2CCCC2)ccc1N1CCC2(CCN(CC3CCCC3)CC2)C1=O. The molecule has 6 rings (SSSR count). The second-order valence-corrected chi connectivity index (χ2v) is 11.6. The number of hydrogen-bond donors (Lipinski definition) is 1. The Morgan fingerprint density at radius 2 is 1.56 bits per heavy atom. The molecule has 34 heavy (non-hydrogen) atoms. The molecule has 5 aliphatic rings. The van der Waals surface area contributed by atoms with Crippen LogP contribution < -0.4 is 15.1 Å². The van der Waals surface area contributed by atoms with Gasteiger partial charge in [0.15, 0.2) is 0 Å². The predicted octanol–water partition coefficient (Wildman–Crippen LogP) is 4.97. The Hall–Kier alpha value is -1.59. The van der Waals surface area contributed by atoms with Crippen molar-refractivity contribution < 1.29 is 4.79 Å². The highest BCUT2D eigenvalue weighted by atomic mass is 16.2. The van der Waals surface area contributed by atoms with E-state index in [2.05, 4.69) is 45.1 Å². The number of hydrogen-bond acceptors (Lipinski definition) is 4. The van der Waals surface area contributed by atoms with Gasteiger partial charge in [0.2, 0.25) is 5.91 Å². The van der Waals surface area contributed by atoms with E-state index in [4.69, 9.17) is 0 Å². The minimum absolute atomic E-state index is 0.0910. The smallest absolute Gasteiger partial charge is 0.233 e. The number of anilines is 2. The van der Waals surface area contributed by atoms with Gasteiger partial charge in [-0.1, -0.05) is 12.8 Å². The van der Waals surface area contributed by atoms with E-state index in [0.29, 0.717) is 5.91 Å². The summed E-state index contributed by atoms with van der Waals surface area (Å²) >= 11 is 0. The van der Waals surface area contributed by atoms with Crippen molar-refractivity contribution >= 4 is 17.3 Å². The number of carbonyl (C=O) groups excluding carboxylic acids is 1. The number of nitrogens with zero attached hydrogens (tertiary/aromatic N) is 3. The number of rotatable bonds is 4. The fourth-order valence-electron chi connectivity index (χ4n) is 6.98. The molecule has 1 saturated carbocycles. The monoisotopic (exact) mass is 466 g/mol. The minimum atomic E-state index is -0.0910. The molecular weight excluding hydrogens is 420 g/mol. The highest BCUT2D eigenvalue weighted by molar-refractivity contribution is 6.00. The van der Waals surface area contributed by atoms with Crippen molar-refractivity contribution in [1.82, 2.24) is 10.2 Å². The van der Waals surface area contributed by atoms with Crippen molar-refractivity contribution in [3.8, 4) is 0 Å². The first-order valence-corrected chi connectivity index (χ1v) is 14.3. The molecule has 0 unspecified atom stereocenters. The first kappa shape index (κ1) is 24.1. The maximum atomic E-state index is 13.5. The molecule has 1 spiro atoms. The lowest BCUT2D eigenvalue weighted by Gasteiger charge is -2.39. The molecule has 1 aromatic carbocycles. The summed E-state index contributed by atoms with van der Waals surface area (Å²) in [5.74, 6) is 1.31. The molecule has 0 atom stereocenters. The summed E-state index contributed by atoms with van der Waals surface area (Å²) in [5.41, 5.74) is 3.62. The number of carbonyl (C=O) groups is 1. The molecule has 4 saturated heterocycles. The Morgan fingerprint density at radius 1 is 0.882 bits per heavy atom.